The molecule has 1 amide bonds. The largest absolute Gasteiger partial charge is 0.374 e. The molecule has 1 saturated heterocycles. The van der Waals surface area contributed by atoms with Crippen LogP contribution in [0.25, 0.3) is 0 Å². The molecule has 0 radical (unpaired) electrons. The molecule has 0 N–H and O–H groups in total. The number of rotatable bonds is 3. The van der Waals surface area contributed by atoms with Crippen molar-refractivity contribution in [3.05, 3.63) is 35.9 Å². The fourth-order valence-corrected chi connectivity index (χ4v) is 3.01. The standard InChI is InChI=1S/C17H23NO2/c1-13-12-20-16(10-14-6-3-2-4-7-14)11-18(13)17(19)15-8-5-9-15/h2-4,6-7,13,15-16H,5,8-12H2,1H3. The molecular formula is C17H23NO2. The second kappa shape index (κ2) is 5.96. The SMILES string of the molecule is CC1COC(Cc2ccccc2)CN1C(=O)C1CCC1. The normalized spacial score (nSPS) is 27.1. The molecular weight excluding hydrogens is 250 g/mol. The van der Waals surface area contributed by atoms with E-state index in [2.05, 4.69) is 36.1 Å². The van der Waals surface area contributed by atoms with Crippen LogP contribution in [0.4, 0.5) is 0 Å². The summed E-state index contributed by atoms with van der Waals surface area (Å²) in [6.07, 6.45) is 4.39. The first-order valence-corrected chi connectivity index (χ1v) is 7.70. The van der Waals surface area contributed by atoms with Gasteiger partial charge in [0.15, 0.2) is 0 Å². The number of nitrogens with zero attached hydrogens (tertiary/aromatic N) is 1. The molecule has 0 spiro atoms. The van der Waals surface area contributed by atoms with E-state index >= 15 is 0 Å². The Kier molecular flexibility index (Phi) is 4.06. The van der Waals surface area contributed by atoms with Gasteiger partial charge >= 0.3 is 0 Å². The topological polar surface area (TPSA) is 29.5 Å². The van der Waals surface area contributed by atoms with Crippen LogP contribution in [0.1, 0.15) is 31.7 Å². The van der Waals surface area contributed by atoms with Gasteiger partial charge in [-0.15, -0.1) is 0 Å². The van der Waals surface area contributed by atoms with Crippen LogP contribution in [0.15, 0.2) is 30.3 Å². The fourth-order valence-electron chi connectivity index (χ4n) is 3.01. The van der Waals surface area contributed by atoms with Crippen molar-refractivity contribution >= 4 is 5.91 Å². The van der Waals surface area contributed by atoms with E-state index < -0.39 is 0 Å². The van der Waals surface area contributed by atoms with E-state index in [1.807, 2.05) is 6.07 Å². The zero-order valence-corrected chi connectivity index (χ0v) is 12.1. The Morgan fingerprint density at radius 2 is 2.05 bits per heavy atom. The van der Waals surface area contributed by atoms with E-state index in [4.69, 9.17) is 4.74 Å². The summed E-state index contributed by atoms with van der Waals surface area (Å²) in [6.45, 7) is 3.50. The molecule has 3 nitrogen and oxygen atoms in total. The van der Waals surface area contributed by atoms with Gasteiger partial charge in [-0.1, -0.05) is 36.8 Å². The van der Waals surface area contributed by atoms with Crippen molar-refractivity contribution in [2.75, 3.05) is 13.2 Å². The molecule has 1 heterocycles. The summed E-state index contributed by atoms with van der Waals surface area (Å²) in [5.41, 5.74) is 1.28. The number of carbonyl (C=O) groups is 1. The summed E-state index contributed by atoms with van der Waals surface area (Å²) >= 11 is 0. The number of benzene rings is 1. The van der Waals surface area contributed by atoms with E-state index in [-0.39, 0.29) is 18.1 Å². The first kappa shape index (κ1) is 13.6. The first-order valence-electron chi connectivity index (χ1n) is 7.70. The number of hydrogen-bond acceptors (Lipinski definition) is 2. The lowest BCUT2D eigenvalue weighted by Gasteiger charge is -2.41. The quantitative estimate of drug-likeness (QED) is 0.847. The minimum atomic E-state index is 0.137. The second-order valence-corrected chi connectivity index (χ2v) is 6.11. The maximum Gasteiger partial charge on any atom is 0.226 e. The molecule has 0 bridgehead atoms. The molecule has 20 heavy (non-hydrogen) atoms. The van der Waals surface area contributed by atoms with Gasteiger partial charge < -0.3 is 9.64 Å². The smallest absolute Gasteiger partial charge is 0.226 e. The molecule has 2 atom stereocenters. The Morgan fingerprint density at radius 1 is 1.30 bits per heavy atom. The third-order valence-electron chi connectivity index (χ3n) is 4.55. The molecule has 1 saturated carbocycles. The molecule has 1 aromatic rings. The molecule has 2 aliphatic rings. The Labute approximate surface area is 120 Å². The van der Waals surface area contributed by atoms with Crippen LogP contribution in [0.5, 0.6) is 0 Å². The van der Waals surface area contributed by atoms with Gasteiger partial charge in [-0.05, 0) is 25.3 Å². The number of carbonyl (C=O) groups excluding carboxylic acids is 1. The summed E-state index contributed by atoms with van der Waals surface area (Å²) in [4.78, 5) is 14.5. The van der Waals surface area contributed by atoms with Crippen molar-refractivity contribution in [1.82, 2.24) is 4.90 Å². The summed E-state index contributed by atoms with van der Waals surface area (Å²) in [6, 6.07) is 10.6. The highest BCUT2D eigenvalue weighted by molar-refractivity contribution is 5.80. The number of ether oxygens (including phenoxy) is 1. The van der Waals surface area contributed by atoms with Crippen molar-refractivity contribution < 1.29 is 9.53 Å². The monoisotopic (exact) mass is 273 g/mol. The molecule has 3 rings (SSSR count). The Balaban J connectivity index is 1.62. The third-order valence-corrected chi connectivity index (χ3v) is 4.55. The number of morpholine rings is 1. The fraction of sp³-hybridized carbons (Fsp3) is 0.588. The van der Waals surface area contributed by atoms with Crippen LogP contribution in [0.2, 0.25) is 0 Å². The summed E-state index contributed by atoms with van der Waals surface area (Å²) in [5, 5.41) is 0. The van der Waals surface area contributed by atoms with Gasteiger partial charge in [0.2, 0.25) is 5.91 Å². The lowest BCUT2D eigenvalue weighted by Crippen LogP contribution is -2.54. The van der Waals surface area contributed by atoms with E-state index in [1.54, 1.807) is 0 Å². The number of amides is 1. The van der Waals surface area contributed by atoms with Crippen LogP contribution in [-0.2, 0) is 16.0 Å². The van der Waals surface area contributed by atoms with Crippen molar-refractivity contribution in [1.29, 1.82) is 0 Å². The van der Waals surface area contributed by atoms with Crippen molar-refractivity contribution in [3.8, 4) is 0 Å². The van der Waals surface area contributed by atoms with Crippen LogP contribution in [0, 0.1) is 5.92 Å². The van der Waals surface area contributed by atoms with Gasteiger partial charge in [0.25, 0.3) is 0 Å². The molecule has 2 fully saturated rings. The number of hydrogen-bond donors (Lipinski definition) is 0. The van der Waals surface area contributed by atoms with Crippen molar-refractivity contribution in [3.63, 3.8) is 0 Å². The maximum absolute atomic E-state index is 12.5. The Bertz CT molecular complexity index is 455. The third kappa shape index (κ3) is 2.88. The molecule has 108 valence electrons. The second-order valence-electron chi connectivity index (χ2n) is 6.11. The van der Waals surface area contributed by atoms with Crippen LogP contribution in [0.3, 0.4) is 0 Å². The van der Waals surface area contributed by atoms with E-state index in [9.17, 15) is 4.79 Å². The summed E-state index contributed by atoms with van der Waals surface area (Å²) in [7, 11) is 0. The van der Waals surface area contributed by atoms with Crippen LogP contribution >= 0.6 is 0 Å². The minimum Gasteiger partial charge on any atom is -0.374 e. The predicted octanol–water partition coefficient (Wildman–Crippen LogP) is 2.65. The highest BCUT2D eigenvalue weighted by atomic mass is 16.5. The van der Waals surface area contributed by atoms with E-state index in [1.165, 1.54) is 12.0 Å². The zero-order valence-electron chi connectivity index (χ0n) is 12.1. The van der Waals surface area contributed by atoms with Gasteiger partial charge in [0, 0.05) is 18.9 Å². The van der Waals surface area contributed by atoms with Gasteiger partial charge in [-0.3, -0.25) is 4.79 Å². The zero-order chi connectivity index (χ0) is 13.9. The lowest BCUT2D eigenvalue weighted by molar-refractivity contribution is -0.151. The van der Waals surface area contributed by atoms with Gasteiger partial charge in [-0.25, -0.2) is 0 Å². The van der Waals surface area contributed by atoms with E-state index in [0.29, 0.717) is 12.5 Å². The molecule has 2 unspecified atom stereocenters. The average Bonchev–Trinajstić information content (AvgIpc) is 2.40. The maximum atomic E-state index is 12.5. The minimum absolute atomic E-state index is 0.137. The lowest BCUT2D eigenvalue weighted by atomic mass is 9.84. The summed E-state index contributed by atoms with van der Waals surface area (Å²) in [5.74, 6) is 0.637. The molecule has 0 aromatic heterocycles. The predicted molar refractivity (Wildman–Crippen MR) is 78.4 cm³/mol. The van der Waals surface area contributed by atoms with Crippen molar-refractivity contribution in [2.24, 2.45) is 5.92 Å². The average molecular weight is 273 g/mol. The van der Waals surface area contributed by atoms with Crippen LogP contribution in [-0.4, -0.2) is 36.1 Å². The van der Waals surface area contributed by atoms with E-state index in [0.717, 1.165) is 25.8 Å². The van der Waals surface area contributed by atoms with Gasteiger partial charge in [0.1, 0.15) is 0 Å². The molecule has 3 heteroatoms. The molecule has 1 aromatic carbocycles. The van der Waals surface area contributed by atoms with Crippen LogP contribution < -0.4 is 0 Å². The first-order chi connectivity index (χ1) is 9.74. The molecule has 1 aliphatic heterocycles. The highest BCUT2D eigenvalue weighted by Crippen LogP contribution is 2.30. The van der Waals surface area contributed by atoms with Gasteiger partial charge in [-0.2, -0.15) is 0 Å². The Hall–Kier alpha value is -1.35. The molecule has 1 aliphatic carbocycles. The van der Waals surface area contributed by atoms with Gasteiger partial charge in [0.05, 0.1) is 18.8 Å². The van der Waals surface area contributed by atoms with Crippen molar-refractivity contribution in [2.45, 2.75) is 44.8 Å². The highest BCUT2D eigenvalue weighted by Gasteiger charge is 2.35. The summed E-state index contributed by atoms with van der Waals surface area (Å²) < 4.78 is 5.91. The Morgan fingerprint density at radius 3 is 2.70 bits per heavy atom.